The van der Waals surface area contributed by atoms with Crippen LogP contribution in [0.25, 0.3) is 0 Å². The Hall–Kier alpha value is -1.20. The number of piperazine rings is 1. The smallest absolute Gasteiger partial charge is 0.279 e. The molecule has 0 aromatic heterocycles. The number of carbonyl (C=O) groups is 1. The summed E-state index contributed by atoms with van der Waals surface area (Å²) in [5.41, 5.74) is 1.34. The Morgan fingerprint density at radius 2 is 1.91 bits per heavy atom. The third-order valence-electron chi connectivity index (χ3n) is 4.62. The number of benzene rings is 1. The van der Waals surface area contributed by atoms with Crippen molar-refractivity contribution in [1.82, 2.24) is 10.2 Å². The van der Waals surface area contributed by atoms with E-state index in [2.05, 4.69) is 52.4 Å². The molecular formula is C17H25N3OS. The molecule has 120 valence electrons. The summed E-state index contributed by atoms with van der Waals surface area (Å²) >= 11 is 1.48. The van der Waals surface area contributed by atoms with Gasteiger partial charge in [-0.1, -0.05) is 30.0 Å². The summed E-state index contributed by atoms with van der Waals surface area (Å²) in [6.07, 6.45) is 2.31. The van der Waals surface area contributed by atoms with Crippen molar-refractivity contribution >= 4 is 22.7 Å². The van der Waals surface area contributed by atoms with E-state index in [1.54, 1.807) is 0 Å². The van der Waals surface area contributed by atoms with Crippen LogP contribution >= 0.6 is 11.8 Å². The summed E-state index contributed by atoms with van der Waals surface area (Å²) in [7, 11) is 0. The van der Waals surface area contributed by atoms with Gasteiger partial charge < -0.3 is 10.2 Å². The van der Waals surface area contributed by atoms with E-state index in [0.29, 0.717) is 11.3 Å². The third kappa shape index (κ3) is 3.96. The normalized spacial score (nSPS) is 26.2. The van der Waals surface area contributed by atoms with Crippen LogP contribution < -0.4 is 10.2 Å². The molecule has 2 aliphatic rings. The molecule has 2 unspecified atom stereocenters. The van der Waals surface area contributed by atoms with Crippen LogP contribution in [0.4, 0.5) is 10.5 Å². The number of nitrogens with one attached hydrogen (secondary N) is 1. The molecule has 3 rings (SSSR count). The van der Waals surface area contributed by atoms with Crippen molar-refractivity contribution in [2.45, 2.75) is 31.1 Å². The fourth-order valence-corrected chi connectivity index (χ4v) is 4.33. The lowest BCUT2D eigenvalue weighted by atomic mass is 10.1. The molecular weight excluding hydrogens is 294 g/mol. The first-order valence-corrected chi connectivity index (χ1v) is 9.10. The van der Waals surface area contributed by atoms with E-state index < -0.39 is 0 Å². The van der Waals surface area contributed by atoms with Gasteiger partial charge in [-0.05, 0) is 38.4 Å². The van der Waals surface area contributed by atoms with Crippen LogP contribution in [0.15, 0.2) is 30.3 Å². The Morgan fingerprint density at radius 1 is 1.18 bits per heavy atom. The highest BCUT2D eigenvalue weighted by Crippen LogP contribution is 2.27. The monoisotopic (exact) mass is 319 g/mol. The van der Waals surface area contributed by atoms with Crippen LogP contribution in [0.1, 0.15) is 19.8 Å². The molecule has 0 radical (unpaired) electrons. The summed E-state index contributed by atoms with van der Waals surface area (Å²) < 4.78 is 0. The molecule has 4 nitrogen and oxygen atoms in total. The van der Waals surface area contributed by atoms with E-state index in [0.717, 1.165) is 39.1 Å². The number of para-hydroxylation sites is 1. The Labute approximate surface area is 137 Å². The van der Waals surface area contributed by atoms with Gasteiger partial charge in [0.2, 0.25) is 0 Å². The SMILES string of the molecule is CC1NC(=O)SC1CCCN1CCN(c2ccccc2)CC1. The Kier molecular flexibility index (Phi) is 5.26. The molecule has 5 heteroatoms. The molecule has 0 saturated carbocycles. The summed E-state index contributed by atoms with van der Waals surface area (Å²) in [5.74, 6) is 0. The number of hydrogen-bond acceptors (Lipinski definition) is 4. The van der Waals surface area contributed by atoms with Gasteiger partial charge in [-0.25, -0.2) is 0 Å². The van der Waals surface area contributed by atoms with Crippen molar-refractivity contribution in [3.63, 3.8) is 0 Å². The zero-order chi connectivity index (χ0) is 15.4. The van der Waals surface area contributed by atoms with Gasteiger partial charge in [-0.2, -0.15) is 0 Å². The zero-order valence-corrected chi connectivity index (χ0v) is 14.0. The summed E-state index contributed by atoms with van der Waals surface area (Å²) in [6.45, 7) is 7.76. The maximum atomic E-state index is 11.3. The number of amides is 1. The molecule has 2 fully saturated rings. The van der Waals surface area contributed by atoms with Crippen molar-refractivity contribution < 1.29 is 4.79 Å². The minimum Gasteiger partial charge on any atom is -0.369 e. The second-order valence-corrected chi connectivity index (χ2v) is 7.40. The predicted octanol–water partition coefficient (Wildman–Crippen LogP) is 2.80. The minimum atomic E-state index is 0.147. The summed E-state index contributed by atoms with van der Waals surface area (Å²) in [6, 6.07) is 11.0. The Morgan fingerprint density at radius 3 is 2.55 bits per heavy atom. The van der Waals surface area contributed by atoms with Crippen LogP contribution in [-0.4, -0.2) is 54.2 Å². The Balaban J connectivity index is 1.37. The van der Waals surface area contributed by atoms with Crippen LogP contribution in [-0.2, 0) is 0 Å². The predicted molar refractivity (Wildman–Crippen MR) is 93.7 cm³/mol. The van der Waals surface area contributed by atoms with Crippen LogP contribution in [0, 0.1) is 0 Å². The van der Waals surface area contributed by atoms with Gasteiger partial charge in [-0.3, -0.25) is 9.69 Å². The largest absolute Gasteiger partial charge is 0.369 e. The van der Waals surface area contributed by atoms with Gasteiger partial charge in [0.05, 0.1) is 0 Å². The van der Waals surface area contributed by atoms with Crippen LogP contribution in [0.5, 0.6) is 0 Å². The van der Waals surface area contributed by atoms with Crippen molar-refractivity contribution in [2.75, 3.05) is 37.6 Å². The molecule has 0 spiro atoms. The molecule has 0 bridgehead atoms. The average Bonchev–Trinajstić information content (AvgIpc) is 2.87. The van der Waals surface area contributed by atoms with Crippen molar-refractivity contribution in [3.8, 4) is 0 Å². The fraction of sp³-hybridized carbons (Fsp3) is 0.588. The molecule has 0 aliphatic carbocycles. The van der Waals surface area contributed by atoms with Gasteiger partial charge in [-0.15, -0.1) is 0 Å². The lowest BCUT2D eigenvalue weighted by Gasteiger charge is -2.36. The Bertz CT molecular complexity index is 488. The highest BCUT2D eigenvalue weighted by atomic mass is 32.2. The van der Waals surface area contributed by atoms with Crippen LogP contribution in [0.3, 0.4) is 0 Å². The number of rotatable bonds is 5. The zero-order valence-electron chi connectivity index (χ0n) is 13.2. The number of anilines is 1. The van der Waals surface area contributed by atoms with E-state index in [1.165, 1.54) is 23.9 Å². The number of hydrogen-bond donors (Lipinski definition) is 1. The van der Waals surface area contributed by atoms with Crippen molar-refractivity contribution in [3.05, 3.63) is 30.3 Å². The highest BCUT2D eigenvalue weighted by Gasteiger charge is 2.29. The van der Waals surface area contributed by atoms with Crippen molar-refractivity contribution in [1.29, 1.82) is 0 Å². The van der Waals surface area contributed by atoms with Gasteiger partial charge in [0.25, 0.3) is 5.24 Å². The van der Waals surface area contributed by atoms with E-state index in [4.69, 9.17) is 0 Å². The molecule has 2 atom stereocenters. The number of carbonyl (C=O) groups excluding carboxylic acids is 1. The number of thioether (sulfide) groups is 1. The quantitative estimate of drug-likeness (QED) is 0.905. The minimum absolute atomic E-state index is 0.147. The molecule has 2 heterocycles. The fourth-order valence-electron chi connectivity index (χ4n) is 3.25. The molecule has 1 N–H and O–H groups in total. The highest BCUT2D eigenvalue weighted by molar-refractivity contribution is 8.14. The first-order chi connectivity index (χ1) is 10.7. The number of nitrogens with zero attached hydrogens (tertiary/aromatic N) is 2. The van der Waals surface area contributed by atoms with E-state index in [9.17, 15) is 4.79 Å². The maximum Gasteiger partial charge on any atom is 0.279 e. The maximum absolute atomic E-state index is 11.3. The third-order valence-corrected chi connectivity index (χ3v) is 5.90. The van der Waals surface area contributed by atoms with Gasteiger partial charge in [0, 0.05) is 43.2 Å². The van der Waals surface area contributed by atoms with E-state index in [-0.39, 0.29) is 5.24 Å². The second kappa shape index (κ2) is 7.38. The lowest BCUT2D eigenvalue weighted by molar-refractivity contribution is 0.251. The topological polar surface area (TPSA) is 35.6 Å². The summed E-state index contributed by atoms with van der Waals surface area (Å²) in [4.78, 5) is 16.4. The molecule has 1 amide bonds. The second-order valence-electron chi connectivity index (χ2n) is 6.18. The molecule has 1 aromatic carbocycles. The molecule has 1 aromatic rings. The first-order valence-electron chi connectivity index (χ1n) is 8.22. The van der Waals surface area contributed by atoms with Gasteiger partial charge in [0.1, 0.15) is 0 Å². The lowest BCUT2D eigenvalue weighted by Crippen LogP contribution is -2.46. The standard InChI is InChI=1S/C17H25N3OS/c1-14-16(22-17(21)18-14)8-5-9-19-10-12-20(13-11-19)15-6-3-2-4-7-15/h2-4,6-7,14,16H,5,8-13H2,1H3,(H,18,21). The summed E-state index contributed by atoms with van der Waals surface area (Å²) in [5, 5.41) is 3.59. The van der Waals surface area contributed by atoms with Crippen molar-refractivity contribution in [2.24, 2.45) is 0 Å². The van der Waals surface area contributed by atoms with E-state index >= 15 is 0 Å². The molecule has 22 heavy (non-hydrogen) atoms. The van der Waals surface area contributed by atoms with Crippen LogP contribution in [0.2, 0.25) is 0 Å². The first kappa shape index (κ1) is 15.7. The van der Waals surface area contributed by atoms with E-state index in [1.807, 2.05) is 0 Å². The average molecular weight is 319 g/mol. The van der Waals surface area contributed by atoms with Gasteiger partial charge in [0.15, 0.2) is 0 Å². The van der Waals surface area contributed by atoms with Gasteiger partial charge >= 0.3 is 0 Å². The molecule has 2 aliphatic heterocycles. The molecule has 2 saturated heterocycles.